The summed E-state index contributed by atoms with van der Waals surface area (Å²) in [6.07, 6.45) is 4.11. The van der Waals surface area contributed by atoms with E-state index in [4.69, 9.17) is 10.7 Å². The zero-order chi connectivity index (χ0) is 17.6. The molecular formula is C19H25N5O. The molecule has 1 aromatic carbocycles. The standard InChI is InChI=1S/C19H25N5O/c1-19(2,25)12-15-17(23-10-6-3-7-11-23)22-18-16(20)21-13-8-4-5-9-14(13)24(15)18/h4-5,8-9,25H,3,6-7,10-12H2,1-2H3,(H2,20,21). The van der Waals surface area contributed by atoms with E-state index in [9.17, 15) is 5.11 Å². The first-order valence-corrected chi connectivity index (χ1v) is 8.97. The quantitative estimate of drug-likeness (QED) is 0.767. The molecule has 2 aromatic heterocycles. The van der Waals surface area contributed by atoms with Crippen molar-refractivity contribution >= 4 is 28.3 Å². The van der Waals surface area contributed by atoms with E-state index in [2.05, 4.69) is 14.3 Å². The maximum atomic E-state index is 10.5. The maximum absolute atomic E-state index is 10.5. The summed E-state index contributed by atoms with van der Waals surface area (Å²) in [7, 11) is 0. The van der Waals surface area contributed by atoms with Crippen molar-refractivity contribution < 1.29 is 5.11 Å². The lowest BCUT2D eigenvalue weighted by Crippen LogP contribution is -2.32. The molecular weight excluding hydrogens is 314 g/mol. The van der Waals surface area contributed by atoms with E-state index in [0.717, 1.165) is 35.6 Å². The highest BCUT2D eigenvalue weighted by Crippen LogP contribution is 2.32. The van der Waals surface area contributed by atoms with Gasteiger partial charge in [-0.3, -0.25) is 4.40 Å². The first-order chi connectivity index (χ1) is 11.9. The van der Waals surface area contributed by atoms with Crippen molar-refractivity contribution in [2.24, 2.45) is 0 Å². The summed E-state index contributed by atoms with van der Waals surface area (Å²) >= 11 is 0. The van der Waals surface area contributed by atoms with Crippen LogP contribution in [0.1, 0.15) is 38.8 Å². The first kappa shape index (κ1) is 16.1. The largest absolute Gasteiger partial charge is 0.390 e. The fraction of sp³-hybridized carbons (Fsp3) is 0.474. The fourth-order valence-corrected chi connectivity index (χ4v) is 3.73. The number of nitrogen functional groups attached to an aromatic ring is 1. The fourth-order valence-electron chi connectivity index (χ4n) is 3.73. The Hall–Kier alpha value is -2.34. The number of para-hydroxylation sites is 2. The third-order valence-corrected chi connectivity index (χ3v) is 4.80. The number of nitrogens with zero attached hydrogens (tertiary/aromatic N) is 4. The molecule has 3 N–H and O–H groups in total. The summed E-state index contributed by atoms with van der Waals surface area (Å²) < 4.78 is 2.08. The topological polar surface area (TPSA) is 79.7 Å². The number of fused-ring (bicyclic) bond motifs is 3. The number of piperidine rings is 1. The van der Waals surface area contributed by atoms with Crippen LogP contribution in [-0.4, -0.2) is 38.2 Å². The Balaban J connectivity index is 2.02. The molecule has 0 bridgehead atoms. The van der Waals surface area contributed by atoms with E-state index < -0.39 is 5.60 Å². The summed E-state index contributed by atoms with van der Waals surface area (Å²) in [5, 5.41) is 10.5. The Labute approximate surface area is 147 Å². The molecule has 1 aliphatic heterocycles. The van der Waals surface area contributed by atoms with Gasteiger partial charge in [0.05, 0.1) is 22.3 Å². The molecule has 132 valence electrons. The van der Waals surface area contributed by atoms with Gasteiger partial charge in [0.25, 0.3) is 0 Å². The van der Waals surface area contributed by atoms with E-state index in [1.807, 2.05) is 38.1 Å². The van der Waals surface area contributed by atoms with Crippen molar-refractivity contribution in [2.75, 3.05) is 23.7 Å². The van der Waals surface area contributed by atoms with Gasteiger partial charge in [0, 0.05) is 19.5 Å². The molecule has 25 heavy (non-hydrogen) atoms. The first-order valence-electron chi connectivity index (χ1n) is 8.97. The molecule has 0 amide bonds. The van der Waals surface area contributed by atoms with Crippen molar-refractivity contribution in [3.63, 3.8) is 0 Å². The van der Waals surface area contributed by atoms with Crippen LogP contribution in [0.15, 0.2) is 24.3 Å². The van der Waals surface area contributed by atoms with Gasteiger partial charge in [-0.25, -0.2) is 9.97 Å². The highest BCUT2D eigenvalue weighted by molar-refractivity contribution is 5.84. The van der Waals surface area contributed by atoms with Gasteiger partial charge >= 0.3 is 0 Å². The second kappa shape index (κ2) is 5.88. The average Bonchev–Trinajstić information content (AvgIpc) is 2.94. The number of aliphatic hydroxyl groups is 1. The molecule has 6 heteroatoms. The van der Waals surface area contributed by atoms with Crippen LogP contribution in [0.25, 0.3) is 16.7 Å². The van der Waals surface area contributed by atoms with Gasteiger partial charge in [-0.1, -0.05) is 12.1 Å². The van der Waals surface area contributed by atoms with Crippen LogP contribution >= 0.6 is 0 Å². The molecule has 1 aliphatic rings. The van der Waals surface area contributed by atoms with Crippen LogP contribution in [0, 0.1) is 0 Å². The van der Waals surface area contributed by atoms with Gasteiger partial charge in [0.1, 0.15) is 0 Å². The molecule has 1 fully saturated rings. The number of anilines is 2. The summed E-state index contributed by atoms with van der Waals surface area (Å²) in [4.78, 5) is 11.7. The molecule has 4 rings (SSSR count). The Morgan fingerprint density at radius 2 is 1.84 bits per heavy atom. The molecule has 0 saturated carbocycles. The highest BCUT2D eigenvalue weighted by Gasteiger charge is 2.26. The van der Waals surface area contributed by atoms with Crippen molar-refractivity contribution in [3.8, 4) is 0 Å². The van der Waals surface area contributed by atoms with Crippen molar-refractivity contribution in [2.45, 2.75) is 45.1 Å². The predicted molar refractivity (Wildman–Crippen MR) is 101 cm³/mol. The van der Waals surface area contributed by atoms with Crippen LogP contribution in [0.2, 0.25) is 0 Å². The van der Waals surface area contributed by atoms with E-state index in [1.54, 1.807) is 0 Å². The van der Waals surface area contributed by atoms with Crippen molar-refractivity contribution in [1.82, 2.24) is 14.4 Å². The van der Waals surface area contributed by atoms with Gasteiger partial charge in [0.15, 0.2) is 17.3 Å². The number of rotatable bonds is 3. The summed E-state index contributed by atoms with van der Waals surface area (Å²) in [6, 6.07) is 7.94. The van der Waals surface area contributed by atoms with Crippen molar-refractivity contribution in [1.29, 1.82) is 0 Å². The Kier molecular flexibility index (Phi) is 3.80. The number of hydrogen-bond acceptors (Lipinski definition) is 5. The molecule has 0 aliphatic carbocycles. The summed E-state index contributed by atoms with van der Waals surface area (Å²) in [5.41, 5.74) is 8.89. The van der Waals surface area contributed by atoms with Crippen LogP contribution in [0.4, 0.5) is 11.6 Å². The van der Waals surface area contributed by atoms with Gasteiger partial charge in [-0.2, -0.15) is 0 Å². The Bertz CT molecular complexity index is 919. The second-order valence-corrected chi connectivity index (χ2v) is 7.56. The number of benzene rings is 1. The van der Waals surface area contributed by atoms with Crippen LogP contribution in [-0.2, 0) is 6.42 Å². The molecule has 1 saturated heterocycles. The van der Waals surface area contributed by atoms with E-state index in [-0.39, 0.29) is 0 Å². The van der Waals surface area contributed by atoms with Gasteiger partial charge < -0.3 is 15.7 Å². The third kappa shape index (κ3) is 2.91. The molecule has 6 nitrogen and oxygen atoms in total. The lowest BCUT2D eigenvalue weighted by molar-refractivity contribution is 0.0799. The van der Waals surface area contributed by atoms with Crippen molar-refractivity contribution in [3.05, 3.63) is 30.0 Å². The monoisotopic (exact) mass is 339 g/mol. The molecule has 0 radical (unpaired) electrons. The van der Waals surface area contributed by atoms with Gasteiger partial charge in [-0.05, 0) is 45.2 Å². The van der Waals surface area contributed by atoms with Crippen LogP contribution < -0.4 is 10.6 Å². The molecule has 0 unspecified atom stereocenters. The normalized spacial score (nSPS) is 16.0. The minimum Gasteiger partial charge on any atom is -0.390 e. The highest BCUT2D eigenvalue weighted by atomic mass is 16.3. The zero-order valence-electron chi connectivity index (χ0n) is 14.9. The minimum absolute atomic E-state index is 0.430. The number of hydrogen-bond donors (Lipinski definition) is 2. The zero-order valence-corrected chi connectivity index (χ0v) is 14.9. The van der Waals surface area contributed by atoms with Crippen LogP contribution in [0.5, 0.6) is 0 Å². The van der Waals surface area contributed by atoms with Gasteiger partial charge in [0.2, 0.25) is 0 Å². The second-order valence-electron chi connectivity index (χ2n) is 7.56. The molecule has 0 spiro atoms. The maximum Gasteiger partial charge on any atom is 0.182 e. The van der Waals surface area contributed by atoms with E-state index >= 15 is 0 Å². The number of nitrogens with two attached hydrogens (primary N) is 1. The number of aromatic nitrogens is 3. The lowest BCUT2D eigenvalue weighted by atomic mass is 10.0. The van der Waals surface area contributed by atoms with Gasteiger partial charge in [-0.15, -0.1) is 0 Å². The number of imidazole rings is 1. The molecule has 3 heterocycles. The Morgan fingerprint density at radius 1 is 1.12 bits per heavy atom. The molecule has 3 aromatic rings. The van der Waals surface area contributed by atoms with E-state index in [1.165, 1.54) is 19.3 Å². The van der Waals surface area contributed by atoms with Crippen LogP contribution in [0.3, 0.4) is 0 Å². The smallest absolute Gasteiger partial charge is 0.182 e. The van der Waals surface area contributed by atoms with E-state index in [0.29, 0.717) is 17.9 Å². The summed E-state index contributed by atoms with van der Waals surface area (Å²) in [6.45, 7) is 5.65. The predicted octanol–water partition coefficient (Wildman–Crippen LogP) is 2.77. The lowest BCUT2D eigenvalue weighted by Gasteiger charge is -2.29. The minimum atomic E-state index is -0.834. The third-order valence-electron chi connectivity index (χ3n) is 4.80. The SMILES string of the molecule is CC(C)(O)Cc1c(N2CCCCC2)nc2c(N)nc3ccccc3n12. The molecule has 0 atom stereocenters. The average molecular weight is 339 g/mol. The summed E-state index contributed by atoms with van der Waals surface area (Å²) in [5.74, 6) is 1.37. The Morgan fingerprint density at radius 3 is 2.56 bits per heavy atom.